The van der Waals surface area contributed by atoms with Crippen molar-refractivity contribution in [2.24, 2.45) is 0 Å². The van der Waals surface area contributed by atoms with Crippen molar-refractivity contribution >= 4 is 22.1 Å². The number of fused-ring (bicyclic) bond motifs is 2. The van der Waals surface area contributed by atoms with E-state index in [9.17, 15) is 10.4 Å². The summed E-state index contributed by atoms with van der Waals surface area (Å²) in [5, 5.41) is 24.9. The third kappa shape index (κ3) is 1.68. The highest BCUT2D eigenvalue weighted by Gasteiger charge is 2.22. The van der Waals surface area contributed by atoms with Gasteiger partial charge in [0, 0.05) is 23.8 Å². The standard InChI is InChI=1S/C15H14N2O2/c1-2-6-11-7-5-10-14-15(11)17(19)13-9-4-3-8-12(13)16(14)18/h3-5,7-10H,2,6H2,1H3. The Balaban J connectivity index is 2.52. The van der Waals surface area contributed by atoms with Crippen LogP contribution in [0, 0.1) is 10.4 Å². The number of benzene rings is 2. The molecule has 0 aliphatic rings. The van der Waals surface area contributed by atoms with E-state index in [1.807, 2.05) is 12.1 Å². The fourth-order valence-electron chi connectivity index (χ4n) is 2.51. The van der Waals surface area contributed by atoms with Crippen molar-refractivity contribution in [3.05, 3.63) is 58.4 Å². The quantitative estimate of drug-likeness (QED) is 0.400. The lowest BCUT2D eigenvalue weighted by molar-refractivity contribution is -0.591. The summed E-state index contributed by atoms with van der Waals surface area (Å²) in [7, 11) is 0. The summed E-state index contributed by atoms with van der Waals surface area (Å²) in [5.41, 5.74) is 2.65. The monoisotopic (exact) mass is 254 g/mol. The highest BCUT2D eigenvalue weighted by molar-refractivity contribution is 5.78. The van der Waals surface area contributed by atoms with Crippen LogP contribution in [0.1, 0.15) is 18.9 Å². The van der Waals surface area contributed by atoms with Gasteiger partial charge in [0.15, 0.2) is 0 Å². The fourth-order valence-corrected chi connectivity index (χ4v) is 2.51. The van der Waals surface area contributed by atoms with Crippen LogP contribution in [0.25, 0.3) is 22.1 Å². The van der Waals surface area contributed by atoms with Gasteiger partial charge in [-0.05, 0) is 6.42 Å². The first-order valence-electron chi connectivity index (χ1n) is 6.39. The molecule has 0 N–H and O–H groups in total. The average molecular weight is 254 g/mol. The van der Waals surface area contributed by atoms with E-state index < -0.39 is 0 Å². The molecular formula is C15H14N2O2. The molecule has 0 spiro atoms. The molecule has 0 saturated heterocycles. The highest BCUT2D eigenvalue weighted by Crippen LogP contribution is 2.17. The Labute approximate surface area is 110 Å². The van der Waals surface area contributed by atoms with Gasteiger partial charge in [0.1, 0.15) is 0 Å². The Morgan fingerprint density at radius 2 is 1.47 bits per heavy atom. The van der Waals surface area contributed by atoms with E-state index >= 15 is 0 Å². The van der Waals surface area contributed by atoms with E-state index in [0.29, 0.717) is 22.1 Å². The number of aryl methyl sites for hydroxylation is 1. The van der Waals surface area contributed by atoms with Crippen LogP contribution in [0.15, 0.2) is 42.5 Å². The number of hydrogen-bond donors (Lipinski definition) is 0. The van der Waals surface area contributed by atoms with E-state index in [2.05, 4.69) is 6.92 Å². The third-order valence-electron chi connectivity index (χ3n) is 3.36. The summed E-state index contributed by atoms with van der Waals surface area (Å²) in [6.07, 6.45) is 1.72. The maximum Gasteiger partial charge on any atom is 0.293 e. The summed E-state index contributed by atoms with van der Waals surface area (Å²) < 4.78 is 1.72. The molecule has 3 aromatic rings. The Morgan fingerprint density at radius 1 is 0.842 bits per heavy atom. The maximum atomic E-state index is 12.5. The van der Waals surface area contributed by atoms with Crippen molar-refractivity contribution in [1.82, 2.24) is 0 Å². The predicted molar refractivity (Wildman–Crippen MR) is 73.4 cm³/mol. The smallest absolute Gasteiger partial charge is 0.293 e. The van der Waals surface area contributed by atoms with Crippen LogP contribution in [0.5, 0.6) is 0 Å². The van der Waals surface area contributed by atoms with Crippen LogP contribution >= 0.6 is 0 Å². The van der Waals surface area contributed by atoms with Gasteiger partial charge in [-0.2, -0.15) is 9.46 Å². The third-order valence-corrected chi connectivity index (χ3v) is 3.36. The molecule has 0 radical (unpaired) electrons. The molecule has 0 unspecified atom stereocenters. The molecule has 0 aliphatic heterocycles. The normalized spacial score (nSPS) is 11.2. The Kier molecular flexibility index (Phi) is 2.71. The molecule has 0 bridgehead atoms. The zero-order valence-corrected chi connectivity index (χ0v) is 10.7. The van der Waals surface area contributed by atoms with Crippen LogP contribution in [-0.4, -0.2) is 0 Å². The van der Waals surface area contributed by atoms with E-state index in [1.54, 1.807) is 30.3 Å². The average Bonchev–Trinajstić information content (AvgIpc) is 2.45. The van der Waals surface area contributed by atoms with Crippen molar-refractivity contribution in [3.8, 4) is 0 Å². The van der Waals surface area contributed by atoms with E-state index in [1.165, 1.54) is 0 Å². The minimum atomic E-state index is 0.402. The number of para-hydroxylation sites is 3. The zero-order valence-electron chi connectivity index (χ0n) is 10.7. The van der Waals surface area contributed by atoms with E-state index in [-0.39, 0.29) is 0 Å². The van der Waals surface area contributed by atoms with Crippen molar-refractivity contribution < 1.29 is 9.46 Å². The van der Waals surface area contributed by atoms with Crippen LogP contribution in [0.4, 0.5) is 0 Å². The maximum absolute atomic E-state index is 12.5. The number of nitrogens with zero attached hydrogens (tertiary/aromatic N) is 2. The Hall–Kier alpha value is -2.36. The molecule has 4 nitrogen and oxygen atoms in total. The molecule has 0 atom stereocenters. The predicted octanol–water partition coefficient (Wildman–Crippen LogP) is 2.21. The summed E-state index contributed by atoms with van der Waals surface area (Å²) in [5.74, 6) is 0. The van der Waals surface area contributed by atoms with Crippen LogP contribution in [0.2, 0.25) is 0 Å². The largest absolute Gasteiger partial charge is 0.617 e. The van der Waals surface area contributed by atoms with Crippen molar-refractivity contribution in [1.29, 1.82) is 0 Å². The molecule has 2 aromatic carbocycles. The molecule has 19 heavy (non-hydrogen) atoms. The van der Waals surface area contributed by atoms with Gasteiger partial charge in [-0.3, -0.25) is 0 Å². The SMILES string of the molecule is CCCc1cccc2c1[n+]([O-])c1ccccc1[n+]2[O-]. The number of aromatic nitrogens is 2. The second kappa shape index (κ2) is 4.39. The zero-order chi connectivity index (χ0) is 13.4. The van der Waals surface area contributed by atoms with E-state index in [0.717, 1.165) is 27.9 Å². The molecule has 0 fully saturated rings. The van der Waals surface area contributed by atoms with Crippen LogP contribution in [-0.2, 0) is 6.42 Å². The number of rotatable bonds is 2. The minimum absolute atomic E-state index is 0.402. The second-order valence-electron chi connectivity index (χ2n) is 4.61. The highest BCUT2D eigenvalue weighted by atomic mass is 16.5. The molecule has 1 heterocycles. The van der Waals surface area contributed by atoms with Crippen molar-refractivity contribution in [2.45, 2.75) is 19.8 Å². The lowest BCUT2D eigenvalue weighted by Crippen LogP contribution is -2.39. The summed E-state index contributed by atoms with van der Waals surface area (Å²) >= 11 is 0. The fraction of sp³-hybridized carbons (Fsp3) is 0.200. The van der Waals surface area contributed by atoms with Gasteiger partial charge >= 0.3 is 0 Å². The van der Waals surface area contributed by atoms with Gasteiger partial charge in [-0.1, -0.05) is 37.6 Å². The molecule has 0 aliphatic carbocycles. The molecular weight excluding hydrogens is 240 g/mol. The lowest BCUT2D eigenvalue weighted by Gasteiger charge is -2.09. The van der Waals surface area contributed by atoms with Crippen LogP contribution in [0.3, 0.4) is 0 Å². The van der Waals surface area contributed by atoms with Gasteiger partial charge in [-0.15, -0.1) is 0 Å². The van der Waals surface area contributed by atoms with Crippen molar-refractivity contribution in [2.75, 3.05) is 0 Å². The second-order valence-corrected chi connectivity index (χ2v) is 4.61. The Bertz CT molecular complexity index is 769. The summed E-state index contributed by atoms with van der Waals surface area (Å²) in [4.78, 5) is 0. The van der Waals surface area contributed by atoms with E-state index in [4.69, 9.17) is 0 Å². The van der Waals surface area contributed by atoms with Gasteiger partial charge in [0.2, 0.25) is 0 Å². The molecule has 96 valence electrons. The lowest BCUT2D eigenvalue weighted by atomic mass is 10.1. The first-order valence-corrected chi connectivity index (χ1v) is 6.39. The van der Waals surface area contributed by atoms with Gasteiger partial charge in [0.05, 0.1) is 0 Å². The molecule has 4 heteroatoms. The first-order chi connectivity index (χ1) is 9.24. The molecule has 0 saturated carbocycles. The summed E-state index contributed by atoms with van der Waals surface area (Å²) in [6, 6.07) is 12.3. The van der Waals surface area contributed by atoms with Gasteiger partial charge in [0.25, 0.3) is 22.1 Å². The van der Waals surface area contributed by atoms with Crippen LogP contribution < -0.4 is 9.46 Å². The minimum Gasteiger partial charge on any atom is -0.617 e. The molecule has 0 amide bonds. The Morgan fingerprint density at radius 3 is 2.16 bits per heavy atom. The summed E-state index contributed by atoms with van der Waals surface area (Å²) in [6.45, 7) is 2.06. The van der Waals surface area contributed by atoms with Gasteiger partial charge < -0.3 is 10.4 Å². The number of hydrogen-bond acceptors (Lipinski definition) is 2. The molecule has 1 aromatic heterocycles. The topological polar surface area (TPSA) is 53.9 Å². The molecule has 3 rings (SSSR count). The van der Waals surface area contributed by atoms with Crippen molar-refractivity contribution in [3.63, 3.8) is 0 Å². The van der Waals surface area contributed by atoms with Gasteiger partial charge in [-0.25, -0.2) is 0 Å². The first kappa shape index (κ1) is 11.7.